The van der Waals surface area contributed by atoms with E-state index in [-0.39, 0.29) is 16.3 Å². The average molecular weight is 380 g/mol. The van der Waals surface area contributed by atoms with Crippen molar-refractivity contribution in [3.63, 3.8) is 0 Å². The molecule has 1 aromatic carbocycles. The van der Waals surface area contributed by atoms with Crippen LogP contribution in [0.1, 0.15) is 15.9 Å². The molecular weight excluding hydrogens is 373 g/mol. The van der Waals surface area contributed by atoms with Crippen molar-refractivity contribution in [2.75, 3.05) is 5.32 Å². The van der Waals surface area contributed by atoms with Crippen LogP contribution >= 0.6 is 27.5 Å². The van der Waals surface area contributed by atoms with Gasteiger partial charge in [-0.2, -0.15) is 13.2 Å². The number of rotatable bonds is 2. The molecule has 0 saturated carbocycles. The quantitative estimate of drug-likeness (QED) is 0.764. The third-order valence-electron chi connectivity index (χ3n) is 2.53. The van der Waals surface area contributed by atoms with Crippen molar-refractivity contribution in [2.24, 2.45) is 0 Å². The second-order valence-corrected chi connectivity index (χ2v) is 5.24. The van der Waals surface area contributed by atoms with E-state index in [0.717, 1.165) is 18.2 Å². The molecule has 0 fully saturated rings. The molecule has 0 aliphatic carbocycles. The number of anilines is 1. The number of hydrogen-bond donors (Lipinski definition) is 1. The maximum atomic E-state index is 12.5. The molecule has 0 aliphatic heterocycles. The predicted octanol–water partition coefficient (Wildman–Crippen LogP) is 4.77. The van der Waals surface area contributed by atoms with E-state index in [1.54, 1.807) is 6.07 Å². The molecule has 2 aromatic rings. The van der Waals surface area contributed by atoms with E-state index in [2.05, 4.69) is 26.2 Å². The molecule has 0 radical (unpaired) electrons. The molecule has 0 spiro atoms. The summed E-state index contributed by atoms with van der Waals surface area (Å²) in [6, 6.07) is 5.81. The Morgan fingerprint density at radius 1 is 1.24 bits per heavy atom. The van der Waals surface area contributed by atoms with Crippen LogP contribution in [0.5, 0.6) is 0 Å². The van der Waals surface area contributed by atoms with Gasteiger partial charge in [-0.3, -0.25) is 4.79 Å². The highest BCUT2D eigenvalue weighted by atomic mass is 79.9. The maximum Gasteiger partial charge on any atom is 0.416 e. The van der Waals surface area contributed by atoms with Gasteiger partial charge in [0.25, 0.3) is 5.91 Å². The number of pyridine rings is 1. The van der Waals surface area contributed by atoms with E-state index in [1.165, 1.54) is 12.3 Å². The van der Waals surface area contributed by atoms with Gasteiger partial charge in [-0.15, -0.1) is 0 Å². The molecular formula is C13H7BrClF3N2O. The molecule has 1 heterocycles. The van der Waals surface area contributed by atoms with E-state index in [1.807, 2.05) is 0 Å². The standard InChI is InChI=1S/C13H7BrClF3N2O/c14-11-4-1-7(6-19-11)12(21)20-10-3-2-8(5-9(10)15)13(16,17)18/h1-6H,(H,20,21). The van der Waals surface area contributed by atoms with E-state index < -0.39 is 17.6 Å². The summed E-state index contributed by atoms with van der Waals surface area (Å²) < 4.78 is 38.1. The van der Waals surface area contributed by atoms with Gasteiger partial charge in [0, 0.05) is 6.20 Å². The van der Waals surface area contributed by atoms with Crippen LogP contribution in [0.4, 0.5) is 18.9 Å². The lowest BCUT2D eigenvalue weighted by Crippen LogP contribution is -2.13. The number of amides is 1. The average Bonchev–Trinajstić information content (AvgIpc) is 2.40. The number of nitrogens with one attached hydrogen (secondary N) is 1. The Labute approximate surface area is 131 Å². The first-order chi connectivity index (χ1) is 9.77. The van der Waals surface area contributed by atoms with Gasteiger partial charge in [-0.25, -0.2) is 4.98 Å². The van der Waals surface area contributed by atoms with Gasteiger partial charge in [0.15, 0.2) is 0 Å². The van der Waals surface area contributed by atoms with Crippen LogP contribution in [0.25, 0.3) is 0 Å². The lowest BCUT2D eigenvalue weighted by atomic mass is 10.2. The first-order valence-electron chi connectivity index (χ1n) is 5.57. The van der Waals surface area contributed by atoms with Gasteiger partial charge in [0.2, 0.25) is 0 Å². The van der Waals surface area contributed by atoms with Crippen LogP contribution in [0.3, 0.4) is 0 Å². The molecule has 1 amide bonds. The minimum atomic E-state index is -4.48. The summed E-state index contributed by atoms with van der Waals surface area (Å²) in [7, 11) is 0. The number of carbonyl (C=O) groups excluding carboxylic acids is 1. The number of carbonyl (C=O) groups is 1. The molecule has 0 unspecified atom stereocenters. The Hall–Kier alpha value is -1.60. The smallest absolute Gasteiger partial charge is 0.321 e. The lowest BCUT2D eigenvalue weighted by molar-refractivity contribution is -0.137. The van der Waals surface area contributed by atoms with Gasteiger partial charge < -0.3 is 5.32 Å². The summed E-state index contributed by atoms with van der Waals surface area (Å²) >= 11 is 8.88. The number of alkyl halides is 3. The van der Waals surface area contributed by atoms with E-state index in [0.29, 0.717) is 4.60 Å². The summed E-state index contributed by atoms with van der Waals surface area (Å²) in [6.07, 6.45) is -3.15. The second-order valence-electron chi connectivity index (χ2n) is 4.02. The fraction of sp³-hybridized carbons (Fsp3) is 0.0769. The van der Waals surface area contributed by atoms with Gasteiger partial charge in [-0.1, -0.05) is 11.6 Å². The van der Waals surface area contributed by atoms with Crippen molar-refractivity contribution >= 4 is 39.1 Å². The zero-order valence-corrected chi connectivity index (χ0v) is 12.6. The molecule has 8 heteroatoms. The Morgan fingerprint density at radius 3 is 2.48 bits per heavy atom. The van der Waals surface area contributed by atoms with Crippen molar-refractivity contribution in [2.45, 2.75) is 6.18 Å². The molecule has 0 saturated heterocycles. The van der Waals surface area contributed by atoms with Gasteiger partial charge >= 0.3 is 6.18 Å². The molecule has 1 N–H and O–H groups in total. The summed E-state index contributed by atoms with van der Waals surface area (Å²) in [5.74, 6) is -0.517. The number of benzene rings is 1. The van der Waals surface area contributed by atoms with Crippen LogP contribution < -0.4 is 5.32 Å². The minimum absolute atomic E-state index is 0.0950. The maximum absolute atomic E-state index is 12.5. The summed E-state index contributed by atoms with van der Waals surface area (Å²) in [6.45, 7) is 0. The Kier molecular flexibility index (Phi) is 4.53. The first-order valence-corrected chi connectivity index (χ1v) is 6.74. The first kappa shape index (κ1) is 15.8. The number of hydrogen-bond acceptors (Lipinski definition) is 2. The highest BCUT2D eigenvalue weighted by Crippen LogP contribution is 2.33. The fourth-order valence-electron chi connectivity index (χ4n) is 1.50. The predicted molar refractivity (Wildman–Crippen MR) is 76.3 cm³/mol. The number of nitrogens with zero attached hydrogens (tertiary/aromatic N) is 1. The zero-order chi connectivity index (χ0) is 15.6. The largest absolute Gasteiger partial charge is 0.416 e. The third-order valence-corrected chi connectivity index (χ3v) is 3.32. The molecule has 0 atom stereocenters. The van der Waals surface area contributed by atoms with Gasteiger partial charge in [0.1, 0.15) is 4.60 Å². The van der Waals surface area contributed by atoms with Crippen molar-refractivity contribution in [1.82, 2.24) is 4.98 Å². The lowest BCUT2D eigenvalue weighted by Gasteiger charge is -2.11. The monoisotopic (exact) mass is 378 g/mol. The molecule has 110 valence electrons. The highest BCUT2D eigenvalue weighted by molar-refractivity contribution is 9.10. The van der Waals surface area contributed by atoms with Crippen LogP contribution in [-0.4, -0.2) is 10.9 Å². The van der Waals surface area contributed by atoms with Crippen LogP contribution in [0.15, 0.2) is 41.1 Å². The van der Waals surface area contributed by atoms with E-state index in [9.17, 15) is 18.0 Å². The third kappa shape index (κ3) is 3.95. The highest BCUT2D eigenvalue weighted by Gasteiger charge is 2.31. The molecule has 21 heavy (non-hydrogen) atoms. The normalized spacial score (nSPS) is 11.3. The van der Waals surface area contributed by atoms with Crippen molar-refractivity contribution < 1.29 is 18.0 Å². The summed E-state index contributed by atoms with van der Waals surface area (Å²) in [5.41, 5.74) is -0.525. The summed E-state index contributed by atoms with van der Waals surface area (Å²) in [5, 5.41) is 2.24. The van der Waals surface area contributed by atoms with E-state index in [4.69, 9.17) is 11.6 Å². The topological polar surface area (TPSA) is 42.0 Å². The Morgan fingerprint density at radius 2 is 1.95 bits per heavy atom. The van der Waals surface area contributed by atoms with E-state index >= 15 is 0 Å². The minimum Gasteiger partial charge on any atom is -0.321 e. The van der Waals surface area contributed by atoms with Crippen LogP contribution in [0.2, 0.25) is 5.02 Å². The van der Waals surface area contributed by atoms with Gasteiger partial charge in [-0.05, 0) is 46.3 Å². The fourth-order valence-corrected chi connectivity index (χ4v) is 1.96. The molecule has 0 bridgehead atoms. The number of halogens is 5. The molecule has 3 nitrogen and oxygen atoms in total. The Balaban J connectivity index is 2.20. The van der Waals surface area contributed by atoms with Crippen LogP contribution in [0, 0.1) is 0 Å². The SMILES string of the molecule is O=C(Nc1ccc(C(F)(F)F)cc1Cl)c1ccc(Br)nc1. The Bertz CT molecular complexity index is 674. The zero-order valence-electron chi connectivity index (χ0n) is 10.2. The van der Waals surface area contributed by atoms with Gasteiger partial charge in [0.05, 0.1) is 21.8 Å². The molecule has 0 aliphatic rings. The summed E-state index contributed by atoms with van der Waals surface area (Å²) in [4.78, 5) is 15.8. The molecule has 1 aromatic heterocycles. The van der Waals surface area contributed by atoms with Crippen molar-refractivity contribution in [3.8, 4) is 0 Å². The molecule has 2 rings (SSSR count). The second kappa shape index (κ2) is 6.03. The van der Waals surface area contributed by atoms with Crippen molar-refractivity contribution in [1.29, 1.82) is 0 Å². The number of aromatic nitrogens is 1. The van der Waals surface area contributed by atoms with Crippen LogP contribution in [-0.2, 0) is 6.18 Å². The van der Waals surface area contributed by atoms with Crippen molar-refractivity contribution in [3.05, 3.63) is 57.3 Å².